The molecular weight excluding hydrogens is 434 g/mol. The maximum atomic E-state index is 12.2. The van der Waals surface area contributed by atoms with Crippen molar-refractivity contribution >= 4 is 34.7 Å². The van der Waals surface area contributed by atoms with E-state index in [1.165, 1.54) is 18.1 Å². The maximum Gasteiger partial charge on any atom is 0.225 e. The summed E-state index contributed by atoms with van der Waals surface area (Å²) in [6, 6.07) is 9.80. The summed E-state index contributed by atoms with van der Waals surface area (Å²) in [5.74, 6) is 0.665. The monoisotopic (exact) mass is 459 g/mol. The Balaban J connectivity index is 1.75. The number of aromatic nitrogens is 4. The highest BCUT2D eigenvalue weighted by Gasteiger charge is 2.45. The molecule has 3 aromatic rings. The fraction of sp³-hybridized carbons (Fsp3) is 0.429. The summed E-state index contributed by atoms with van der Waals surface area (Å²) < 4.78 is 7.34. The zero-order chi connectivity index (χ0) is 22.7. The average Bonchev–Trinajstić information content (AvgIpc) is 3.30. The number of aliphatic hydroxyl groups is 3. The molecule has 2 unspecified atom stereocenters. The first-order valence-electron chi connectivity index (χ1n) is 10.4. The first-order chi connectivity index (χ1) is 15.5. The molecule has 1 saturated heterocycles. The van der Waals surface area contributed by atoms with Crippen LogP contribution in [0.25, 0.3) is 11.2 Å². The normalized spacial score (nSPS) is 23.0. The van der Waals surface area contributed by atoms with Crippen LogP contribution in [0.4, 0.5) is 5.82 Å². The van der Waals surface area contributed by atoms with Gasteiger partial charge in [-0.2, -0.15) is 0 Å². The lowest BCUT2D eigenvalue weighted by atomic mass is 10.1. The summed E-state index contributed by atoms with van der Waals surface area (Å²) in [7, 11) is 0. The quantitative estimate of drug-likeness (QED) is 0.368. The molecule has 1 amide bonds. The zero-order valence-corrected chi connectivity index (χ0v) is 18.3. The molecule has 3 heterocycles. The van der Waals surface area contributed by atoms with Gasteiger partial charge in [0.25, 0.3) is 0 Å². The topological polar surface area (TPSA) is 143 Å². The number of amides is 1. The van der Waals surface area contributed by atoms with Gasteiger partial charge in [-0.15, -0.1) is 0 Å². The van der Waals surface area contributed by atoms with E-state index in [2.05, 4.69) is 20.3 Å². The summed E-state index contributed by atoms with van der Waals surface area (Å²) in [6.07, 6.45) is -2.18. The van der Waals surface area contributed by atoms with Crippen molar-refractivity contribution in [1.29, 1.82) is 0 Å². The predicted molar refractivity (Wildman–Crippen MR) is 118 cm³/mol. The molecule has 4 atom stereocenters. The van der Waals surface area contributed by atoms with Crippen LogP contribution >= 0.6 is 11.8 Å². The second kappa shape index (κ2) is 9.92. The van der Waals surface area contributed by atoms with Gasteiger partial charge in [0.15, 0.2) is 28.4 Å². The van der Waals surface area contributed by atoms with Gasteiger partial charge in [0.2, 0.25) is 5.91 Å². The van der Waals surface area contributed by atoms with Gasteiger partial charge in [0.1, 0.15) is 24.6 Å². The van der Waals surface area contributed by atoms with E-state index in [0.717, 1.165) is 5.56 Å². The smallest absolute Gasteiger partial charge is 0.225 e. The number of aliphatic hydroxyl groups excluding tert-OH is 3. The number of fused-ring (bicyclic) bond motifs is 1. The molecule has 0 aliphatic carbocycles. The summed E-state index contributed by atoms with van der Waals surface area (Å²) >= 11 is 1.40. The number of hydrogen-bond acceptors (Lipinski definition) is 9. The average molecular weight is 460 g/mol. The maximum absolute atomic E-state index is 12.2. The molecule has 1 fully saturated rings. The predicted octanol–water partition coefficient (Wildman–Crippen LogP) is 1.47. The number of hydrogen-bond donors (Lipinski definition) is 4. The second-order valence-corrected chi connectivity index (χ2v) is 8.40. The van der Waals surface area contributed by atoms with Crippen LogP contribution < -0.4 is 5.32 Å². The molecule has 1 aliphatic heterocycles. The van der Waals surface area contributed by atoms with Gasteiger partial charge in [-0.3, -0.25) is 9.36 Å². The van der Waals surface area contributed by atoms with E-state index in [-0.39, 0.29) is 11.7 Å². The van der Waals surface area contributed by atoms with Gasteiger partial charge < -0.3 is 25.4 Å². The first-order valence-corrected chi connectivity index (χ1v) is 11.3. The largest absolute Gasteiger partial charge is 0.394 e. The molecule has 4 N–H and O–H groups in total. The molecular formula is C21H25N5O5S. The van der Waals surface area contributed by atoms with Crippen LogP contribution in [0.5, 0.6) is 0 Å². The van der Waals surface area contributed by atoms with Gasteiger partial charge >= 0.3 is 0 Å². The third-order valence-corrected chi connectivity index (χ3v) is 6.19. The lowest BCUT2D eigenvalue weighted by molar-refractivity contribution is -0.116. The number of carbonyl (C=O) groups excluding carboxylic acids is 1. The molecule has 32 heavy (non-hydrogen) atoms. The van der Waals surface area contributed by atoms with E-state index >= 15 is 0 Å². The van der Waals surface area contributed by atoms with Gasteiger partial charge in [-0.05, 0) is 12.0 Å². The van der Waals surface area contributed by atoms with Gasteiger partial charge in [0.05, 0.1) is 6.61 Å². The Morgan fingerprint density at radius 1 is 1.22 bits per heavy atom. The highest BCUT2D eigenvalue weighted by atomic mass is 32.2. The molecule has 10 nitrogen and oxygen atoms in total. The second-order valence-electron chi connectivity index (χ2n) is 7.46. The van der Waals surface area contributed by atoms with Crippen molar-refractivity contribution in [3.05, 3.63) is 42.2 Å². The number of nitrogens with zero attached hydrogens (tertiary/aromatic N) is 4. The van der Waals surface area contributed by atoms with Crippen molar-refractivity contribution in [2.45, 2.75) is 55.2 Å². The van der Waals surface area contributed by atoms with E-state index in [0.29, 0.717) is 34.9 Å². The van der Waals surface area contributed by atoms with Crippen molar-refractivity contribution in [2.24, 2.45) is 0 Å². The van der Waals surface area contributed by atoms with E-state index in [9.17, 15) is 20.1 Å². The Hall–Kier alpha value is -2.57. The number of carbonyl (C=O) groups is 1. The Labute approximate surface area is 188 Å². The first kappa shape index (κ1) is 22.6. The Bertz CT molecular complexity index is 1080. The number of nitrogens with one attached hydrogen (secondary N) is 1. The molecule has 4 rings (SSSR count). The van der Waals surface area contributed by atoms with Crippen LogP contribution in [0.15, 0.2) is 41.8 Å². The summed E-state index contributed by atoms with van der Waals surface area (Å²) in [6.45, 7) is 1.46. The van der Waals surface area contributed by atoms with Crippen LogP contribution in [-0.2, 0) is 15.3 Å². The Morgan fingerprint density at radius 3 is 2.69 bits per heavy atom. The molecule has 1 aromatic carbocycles. The molecule has 11 heteroatoms. The van der Waals surface area contributed by atoms with Crippen molar-refractivity contribution in [1.82, 2.24) is 19.5 Å². The van der Waals surface area contributed by atoms with Crippen molar-refractivity contribution in [3.8, 4) is 0 Å². The van der Waals surface area contributed by atoms with Crippen LogP contribution in [0.1, 0.15) is 31.6 Å². The van der Waals surface area contributed by atoms with Crippen LogP contribution in [0.3, 0.4) is 0 Å². The fourth-order valence-electron chi connectivity index (χ4n) is 3.55. The molecule has 0 saturated carbocycles. The van der Waals surface area contributed by atoms with Gasteiger partial charge in [-0.25, -0.2) is 15.0 Å². The van der Waals surface area contributed by atoms with Crippen LogP contribution in [0.2, 0.25) is 0 Å². The minimum atomic E-state index is -1.30. The minimum Gasteiger partial charge on any atom is -0.394 e. The lowest BCUT2D eigenvalue weighted by Gasteiger charge is -2.19. The number of rotatable bonds is 8. The summed E-state index contributed by atoms with van der Waals surface area (Å²) in [4.78, 5) is 25.3. The number of ether oxygens (including phenoxy) is 1. The third-order valence-electron chi connectivity index (χ3n) is 5.16. The SMILES string of the molecule is CCCC(=O)Nc1ncnc2c1nc(SCc1ccccc1)n2[C@@H]1O[C@H](CO)C(O)C1O. The summed E-state index contributed by atoms with van der Waals surface area (Å²) in [5.41, 5.74) is 1.77. The molecule has 0 radical (unpaired) electrons. The molecule has 1 aliphatic rings. The van der Waals surface area contributed by atoms with Gasteiger partial charge in [-0.1, -0.05) is 49.0 Å². The number of benzene rings is 1. The number of anilines is 1. The lowest BCUT2D eigenvalue weighted by Crippen LogP contribution is -2.33. The fourth-order valence-corrected chi connectivity index (χ4v) is 4.52. The van der Waals surface area contributed by atoms with Crippen molar-refractivity contribution in [3.63, 3.8) is 0 Å². The molecule has 170 valence electrons. The van der Waals surface area contributed by atoms with Crippen molar-refractivity contribution in [2.75, 3.05) is 11.9 Å². The molecule has 2 aromatic heterocycles. The zero-order valence-electron chi connectivity index (χ0n) is 17.5. The number of thioether (sulfide) groups is 1. The highest BCUT2D eigenvalue weighted by Crippen LogP contribution is 2.37. The van der Waals surface area contributed by atoms with E-state index in [4.69, 9.17) is 4.74 Å². The third kappa shape index (κ3) is 4.48. The highest BCUT2D eigenvalue weighted by molar-refractivity contribution is 7.98. The van der Waals surface area contributed by atoms with Gasteiger partial charge in [0, 0.05) is 12.2 Å². The summed E-state index contributed by atoms with van der Waals surface area (Å²) in [5, 5.41) is 33.6. The van der Waals surface area contributed by atoms with Crippen LogP contribution in [0, 0.1) is 0 Å². The van der Waals surface area contributed by atoms with E-state index < -0.39 is 31.1 Å². The Morgan fingerprint density at radius 2 is 2.00 bits per heavy atom. The number of imidazole rings is 1. The van der Waals surface area contributed by atoms with E-state index in [1.54, 1.807) is 4.57 Å². The van der Waals surface area contributed by atoms with E-state index in [1.807, 2.05) is 37.3 Å². The molecule has 0 bridgehead atoms. The Kier molecular flexibility index (Phi) is 7.01. The molecule has 0 spiro atoms. The van der Waals surface area contributed by atoms with Crippen LogP contribution in [-0.4, -0.2) is 65.7 Å². The standard InChI is InChI=1S/C21H25N5O5S/c1-2-6-14(28)24-18-15-19(23-11-22-18)26(20-17(30)16(29)13(9-27)31-20)21(25-15)32-10-12-7-4-3-5-8-12/h3-5,7-8,11,13,16-17,20,27,29-30H,2,6,9-10H2,1H3,(H,22,23,24,28)/t13-,16?,17?,20-/m1/s1. The minimum absolute atomic E-state index is 0.187. The van der Waals surface area contributed by atoms with Crippen molar-refractivity contribution < 1.29 is 24.9 Å².